The number of fused-ring (bicyclic) bond motifs is 2. The van der Waals surface area contributed by atoms with E-state index >= 15 is 0 Å². The van der Waals surface area contributed by atoms with Crippen molar-refractivity contribution >= 4 is 86.6 Å². The molecule has 0 unspecified atom stereocenters. The Kier molecular flexibility index (Phi) is 9.74. The number of carboxylic acids is 1. The largest absolute Gasteiger partial charge is 0.477 e. The van der Waals surface area contributed by atoms with Crippen LogP contribution in [-0.2, 0) is 4.74 Å². The van der Waals surface area contributed by atoms with E-state index in [2.05, 4.69) is 36.6 Å². The number of methoxy groups -OCH3 is 1. The number of ether oxygens (including phenoxy) is 1. The van der Waals surface area contributed by atoms with Crippen molar-refractivity contribution in [3.8, 4) is 0 Å². The van der Waals surface area contributed by atoms with Crippen LogP contribution in [0.3, 0.4) is 0 Å². The van der Waals surface area contributed by atoms with Gasteiger partial charge in [-0.3, -0.25) is 0 Å². The summed E-state index contributed by atoms with van der Waals surface area (Å²) in [5.41, 5.74) is 0. The summed E-state index contributed by atoms with van der Waals surface area (Å²) in [6.45, 7) is 0. The third kappa shape index (κ3) is 5.68. The zero-order chi connectivity index (χ0) is 21.3. The molecule has 4 aromatic rings. The van der Waals surface area contributed by atoms with Crippen LogP contribution in [0.4, 0.5) is 8.78 Å². The molecule has 31 heavy (non-hydrogen) atoms. The highest BCUT2D eigenvalue weighted by molar-refractivity contribution is 9.11. The van der Waals surface area contributed by atoms with E-state index in [1.807, 2.05) is 0 Å². The number of hydrogen-bond donors (Lipinski definition) is 1. The van der Waals surface area contributed by atoms with Gasteiger partial charge in [-0.1, -0.05) is 46.7 Å². The maximum absolute atomic E-state index is 13.4. The van der Waals surface area contributed by atoms with Gasteiger partial charge in [0.1, 0.15) is 21.4 Å². The van der Waals surface area contributed by atoms with Crippen LogP contribution in [0.5, 0.6) is 0 Å². The lowest BCUT2D eigenvalue weighted by Crippen LogP contribution is -1.96. The zero-order valence-electron chi connectivity index (χ0n) is 14.5. The number of hydrogen-bond acceptors (Lipinski definition) is 5. The van der Waals surface area contributed by atoms with Gasteiger partial charge in [0, 0.05) is 19.7 Å². The summed E-state index contributed by atoms with van der Waals surface area (Å²) in [5.74, 6) is -2.19. The van der Waals surface area contributed by atoms with Crippen molar-refractivity contribution in [2.24, 2.45) is 0 Å². The Morgan fingerprint density at radius 3 is 1.68 bits per heavy atom. The molecule has 0 bridgehead atoms. The van der Waals surface area contributed by atoms with Gasteiger partial charge in [-0.15, -0.1) is 22.7 Å². The van der Waals surface area contributed by atoms with Crippen LogP contribution in [0.2, 0.25) is 0 Å². The van der Waals surface area contributed by atoms with Gasteiger partial charge in [0.15, 0.2) is 0 Å². The highest BCUT2D eigenvalue weighted by Crippen LogP contribution is 2.34. The zero-order valence-corrected chi connectivity index (χ0v) is 19.3. The van der Waals surface area contributed by atoms with Gasteiger partial charge in [-0.2, -0.15) is 0 Å². The first-order valence-electron chi connectivity index (χ1n) is 7.79. The Morgan fingerprint density at radius 1 is 0.871 bits per heavy atom. The fourth-order valence-corrected chi connectivity index (χ4v) is 5.51. The monoisotopic (exact) mass is 594 g/mol. The van der Waals surface area contributed by atoms with E-state index in [1.165, 1.54) is 25.3 Å². The van der Waals surface area contributed by atoms with Gasteiger partial charge in [0.25, 0.3) is 0 Å². The van der Waals surface area contributed by atoms with Gasteiger partial charge < -0.3 is 9.84 Å². The second-order valence-corrected chi connectivity index (χ2v) is 9.38. The predicted molar refractivity (Wildman–Crippen MR) is 131 cm³/mol. The number of halogens is 4. The Labute approximate surface area is 202 Å². The van der Waals surface area contributed by atoms with E-state index in [1.54, 1.807) is 18.2 Å². The molecule has 2 aromatic carbocycles. The fourth-order valence-electron chi connectivity index (χ4n) is 2.42. The first-order valence-corrected chi connectivity index (χ1v) is 11.0. The summed E-state index contributed by atoms with van der Waals surface area (Å²) in [7, 11) is 1.30. The Hall–Kier alpha value is -1.88. The Bertz CT molecular complexity index is 1170. The maximum atomic E-state index is 13.4. The maximum Gasteiger partial charge on any atom is 0.348 e. The van der Waals surface area contributed by atoms with Crippen molar-refractivity contribution in [3.05, 3.63) is 66.7 Å². The molecule has 4 nitrogen and oxygen atoms in total. The quantitative estimate of drug-likeness (QED) is 0.236. The normalized spacial score (nSPS) is 9.97. The van der Waals surface area contributed by atoms with E-state index in [0.29, 0.717) is 29.5 Å². The summed E-state index contributed by atoms with van der Waals surface area (Å²) in [4.78, 5) is 22.5. The van der Waals surface area contributed by atoms with Crippen LogP contribution in [0, 0.1) is 11.6 Å². The molecule has 0 aliphatic rings. The number of carbonyl (C=O) groups excluding carboxylic acids is 1. The van der Waals surface area contributed by atoms with E-state index < -0.39 is 11.9 Å². The van der Waals surface area contributed by atoms with Crippen molar-refractivity contribution in [2.75, 3.05) is 7.11 Å². The van der Waals surface area contributed by atoms with Crippen LogP contribution in [0.1, 0.15) is 34.2 Å². The lowest BCUT2D eigenvalue weighted by Gasteiger charge is -1.93. The smallest absolute Gasteiger partial charge is 0.348 e. The molecule has 0 fully saturated rings. The highest BCUT2D eigenvalue weighted by atomic mass is 79.9. The van der Waals surface area contributed by atoms with Crippen LogP contribution in [0.25, 0.3) is 20.2 Å². The number of esters is 1. The third-order valence-electron chi connectivity index (χ3n) is 3.76. The summed E-state index contributed by atoms with van der Waals surface area (Å²) in [5, 5.41) is 10.0. The number of carboxylic acid groups (broad SMARTS) is 1. The second kappa shape index (κ2) is 11.1. The van der Waals surface area contributed by atoms with Gasteiger partial charge in [0.2, 0.25) is 0 Å². The number of rotatable bonds is 2. The lowest BCUT2D eigenvalue weighted by atomic mass is 10.2. The van der Waals surface area contributed by atoms with Gasteiger partial charge in [0.05, 0.1) is 16.5 Å². The molecule has 0 saturated heterocycles. The standard InChI is InChI=1S/C10H6BrFO2S.C9H4BrFO2S.2CH4/c1-14-10(13)8-4-5-6(11)2-3-7(12)9(5)15-8;10-5-1-2-6(11)8-4(5)3-7(14-8)9(12)13;;/h2-4H,1H3;1-3H,(H,12,13);2*1H4. The number of thiophene rings is 2. The molecule has 0 atom stereocenters. The van der Waals surface area contributed by atoms with E-state index in [4.69, 9.17) is 5.11 Å². The summed E-state index contributed by atoms with van der Waals surface area (Å²) >= 11 is 8.58. The molecule has 2 aromatic heterocycles. The molecule has 0 aliphatic heterocycles. The molecule has 0 spiro atoms. The molecular weight excluding hydrogens is 578 g/mol. The molecule has 1 N–H and O–H groups in total. The minimum absolute atomic E-state index is 0. The van der Waals surface area contributed by atoms with Crippen LogP contribution in [-0.4, -0.2) is 24.2 Å². The molecule has 166 valence electrons. The molecular formula is C21H18Br2F2O4S2. The fraction of sp³-hybridized carbons (Fsp3) is 0.143. The minimum Gasteiger partial charge on any atom is -0.477 e. The molecule has 0 aliphatic carbocycles. The highest BCUT2D eigenvalue weighted by Gasteiger charge is 2.15. The van der Waals surface area contributed by atoms with Gasteiger partial charge in [-0.25, -0.2) is 18.4 Å². The van der Waals surface area contributed by atoms with Crippen molar-refractivity contribution < 1.29 is 28.2 Å². The third-order valence-corrected chi connectivity index (χ3v) is 7.40. The molecule has 0 radical (unpaired) electrons. The second-order valence-electron chi connectivity index (χ2n) is 5.56. The minimum atomic E-state index is -1.03. The van der Waals surface area contributed by atoms with Crippen molar-refractivity contribution in [1.29, 1.82) is 0 Å². The molecule has 0 saturated carbocycles. The van der Waals surface area contributed by atoms with Gasteiger partial charge >= 0.3 is 11.9 Å². The SMILES string of the molecule is C.C.COC(=O)c1cc2c(Br)ccc(F)c2s1.O=C(O)c1cc2c(Br)ccc(F)c2s1. The Morgan fingerprint density at radius 2 is 1.29 bits per heavy atom. The van der Waals surface area contributed by atoms with Gasteiger partial charge in [-0.05, 0) is 36.4 Å². The number of carbonyl (C=O) groups is 2. The average Bonchev–Trinajstić information content (AvgIpc) is 3.34. The van der Waals surface area contributed by atoms with Crippen LogP contribution >= 0.6 is 54.5 Å². The first kappa shape index (κ1) is 27.2. The molecule has 4 rings (SSSR count). The Balaban J connectivity index is 0.000000292. The summed E-state index contributed by atoms with van der Waals surface area (Å²) in [6, 6.07) is 8.95. The van der Waals surface area contributed by atoms with Crippen molar-refractivity contribution in [1.82, 2.24) is 0 Å². The van der Waals surface area contributed by atoms with Crippen LogP contribution in [0.15, 0.2) is 45.3 Å². The van der Waals surface area contributed by atoms with E-state index in [0.717, 1.165) is 27.1 Å². The molecule has 2 heterocycles. The topological polar surface area (TPSA) is 63.6 Å². The average molecular weight is 596 g/mol. The first-order chi connectivity index (χ1) is 13.7. The van der Waals surface area contributed by atoms with Crippen molar-refractivity contribution in [2.45, 2.75) is 14.9 Å². The number of aromatic carboxylic acids is 1. The van der Waals surface area contributed by atoms with Crippen molar-refractivity contribution in [3.63, 3.8) is 0 Å². The number of benzene rings is 2. The molecule has 0 amide bonds. The predicted octanol–water partition coefficient (Wildman–Crippen LogP) is 8.36. The van der Waals surface area contributed by atoms with E-state index in [-0.39, 0.29) is 31.4 Å². The molecule has 10 heteroatoms. The summed E-state index contributed by atoms with van der Waals surface area (Å²) < 4.78 is 33.5. The summed E-state index contributed by atoms with van der Waals surface area (Å²) in [6.07, 6.45) is 0. The lowest BCUT2D eigenvalue weighted by molar-refractivity contribution is 0.0605. The van der Waals surface area contributed by atoms with Crippen LogP contribution < -0.4 is 0 Å². The van der Waals surface area contributed by atoms with E-state index in [9.17, 15) is 18.4 Å².